The van der Waals surface area contributed by atoms with Gasteiger partial charge in [-0.25, -0.2) is 0 Å². The van der Waals surface area contributed by atoms with Crippen LogP contribution in [0.5, 0.6) is 0 Å². The van der Waals surface area contributed by atoms with Gasteiger partial charge in [0, 0.05) is 12.5 Å². The second kappa shape index (κ2) is 9.40. The van der Waals surface area contributed by atoms with E-state index < -0.39 is 23.9 Å². The van der Waals surface area contributed by atoms with Crippen molar-refractivity contribution in [2.45, 2.75) is 32.4 Å². The Labute approximate surface area is 118 Å². The van der Waals surface area contributed by atoms with Crippen LogP contribution in [0.4, 0.5) is 0 Å². The van der Waals surface area contributed by atoms with Gasteiger partial charge < -0.3 is 27.8 Å². The van der Waals surface area contributed by atoms with Crippen molar-refractivity contribution in [1.29, 1.82) is 0 Å². The number of hydrogen-bond donors (Lipinski definition) is 5. The van der Waals surface area contributed by atoms with Crippen LogP contribution in [0.1, 0.15) is 20.3 Å². The summed E-state index contributed by atoms with van der Waals surface area (Å²) in [5.41, 5.74) is 16.3. The van der Waals surface area contributed by atoms with Gasteiger partial charge in [0.15, 0.2) is 5.78 Å². The van der Waals surface area contributed by atoms with E-state index >= 15 is 0 Å². The van der Waals surface area contributed by atoms with E-state index in [1.165, 1.54) is 0 Å². The lowest BCUT2D eigenvalue weighted by Crippen LogP contribution is -2.51. The van der Waals surface area contributed by atoms with Gasteiger partial charge in [0.25, 0.3) is 0 Å². The van der Waals surface area contributed by atoms with Crippen LogP contribution in [-0.4, -0.2) is 49.3 Å². The summed E-state index contributed by atoms with van der Waals surface area (Å²) in [7, 11) is 0. The van der Waals surface area contributed by atoms with Gasteiger partial charge in [0.1, 0.15) is 0 Å². The number of Topliss-reactive ketones (excluding diaryl/α,β-unsaturated/α-hetero) is 1. The molecule has 0 saturated carbocycles. The van der Waals surface area contributed by atoms with Gasteiger partial charge in [-0.05, 0) is 13.0 Å². The molecule has 2 atom stereocenters. The first-order chi connectivity index (χ1) is 9.33. The molecule has 2 unspecified atom stereocenters. The van der Waals surface area contributed by atoms with E-state index in [0.717, 1.165) is 0 Å². The van der Waals surface area contributed by atoms with Crippen molar-refractivity contribution in [3.63, 3.8) is 0 Å². The maximum atomic E-state index is 11.7. The number of carbonyl (C=O) groups excluding carboxylic acids is 3. The van der Waals surface area contributed by atoms with Gasteiger partial charge in [0.2, 0.25) is 11.8 Å². The van der Waals surface area contributed by atoms with E-state index in [0.29, 0.717) is 13.0 Å². The largest absolute Gasteiger partial charge is 0.346 e. The lowest BCUT2D eigenvalue weighted by molar-refractivity contribution is -0.130. The highest BCUT2D eigenvalue weighted by Crippen LogP contribution is 1.98. The molecule has 0 spiro atoms. The number of hydrogen-bond acceptors (Lipinski definition) is 6. The Bertz CT molecular complexity index is 346. The monoisotopic (exact) mass is 287 g/mol. The first-order valence-corrected chi connectivity index (χ1v) is 6.60. The van der Waals surface area contributed by atoms with E-state index in [2.05, 4.69) is 10.6 Å². The highest BCUT2D eigenvalue weighted by atomic mass is 16.2. The minimum absolute atomic E-state index is 0.0172. The molecule has 0 aliphatic rings. The molecule has 0 aromatic heterocycles. The summed E-state index contributed by atoms with van der Waals surface area (Å²) in [6, 6.07) is -1.48. The van der Waals surface area contributed by atoms with E-state index in [9.17, 15) is 14.4 Å². The zero-order valence-electron chi connectivity index (χ0n) is 12.0. The zero-order valence-corrected chi connectivity index (χ0v) is 12.0. The minimum Gasteiger partial charge on any atom is -0.346 e. The molecule has 116 valence electrons. The Morgan fingerprint density at radius 1 is 1.15 bits per heavy atom. The lowest BCUT2D eigenvalue weighted by atomic mass is 10.0. The number of amides is 2. The number of ketones is 1. The van der Waals surface area contributed by atoms with Gasteiger partial charge in [-0.2, -0.15) is 0 Å². The number of carbonyl (C=O) groups is 3. The summed E-state index contributed by atoms with van der Waals surface area (Å²) in [5, 5.41) is 4.86. The van der Waals surface area contributed by atoms with Crippen molar-refractivity contribution in [3.05, 3.63) is 0 Å². The van der Waals surface area contributed by atoms with Crippen molar-refractivity contribution >= 4 is 17.6 Å². The summed E-state index contributed by atoms with van der Waals surface area (Å²) in [6.45, 7) is 3.51. The van der Waals surface area contributed by atoms with Crippen LogP contribution in [0, 0.1) is 5.92 Å². The van der Waals surface area contributed by atoms with Gasteiger partial charge in [-0.1, -0.05) is 13.8 Å². The second-order valence-electron chi connectivity index (χ2n) is 4.81. The molecule has 0 fully saturated rings. The predicted octanol–water partition coefficient (Wildman–Crippen LogP) is -2.55. The van der Waals surface area contributed by atoms with Gasteiger partial charge in [-0.3, -0.25) is 14.4 Å². The van der Waals surface area contributed by atoms with Crippen LogP contribution in [-0.2, 0) is 14.4 Å². The van der Waals surface area contributed by atoms with Crippen molar-refractivity contribution < 1.29 is 14.4 Å². The van der Waals surface area contributed by atoms with Crippen molar-refractivity contribution in [3.8, 4) is 0 Å². The summed E-state index contributed by atoms with van der Waals surface area (Å²) in [6.07, 6.45) is 0.338. The zero-order chi connectivity index (χ0) is 15.7. The molecule has 0 saturated heterocycles. The normalized spacial score (nSPS) is 13.7. The lowest BCUT2D eigenvalue weighted by Gasteiger charge is -2.18. The number of nitrogens with two attached hydrogens (primary N) is 3. The Kier molecular flexibility index (Phi) is 8.69. The molecule has 0 rings (SSSR count). The van der Waals surface area contributed by atoms with Gasteiger partial charge in [-0.15, -0.1) is 0 Å². The van der Waals surface area contributed by atoms with Crippen LogP contribution in [0.25, 0.3) is 0 Å². The van der Waals surface area contributed by atoms with Crippen molar-refractivity contribution in [2.75, 3.05) is 19.6 Å². The van der Waals surface area contributed by atoms with Crippen molar-refractivity contribution in [2.24, 2.45) is 23.1 Å². The fourth-order valence-electron chi connectivity index (χ4n) is 1.50. The molecule has 2 amide bonds. The van der Waals surface area contributed by atoms with E-state index in [-0.39, 0.29) is 24.8 Å². The van der Waals surface area contributed by atoms with E-state index in [1.807, 2.05) is 0 Å². The predicted molar refractivity (Wildman–Crippen MR) is 75.5 cm³/mol. The summed E-state index contributed by atoms with van der Waals surface area (Å²) < 4.78 is 0. The molecule has 0 aromatic rings. The fraction of sp³-hybridized carbons (Fsp3) is 0.750. The van der Waals surface area contributed by atoms with Crippen LogP contribution in [0.15, 0.2) is 0 Å². The third kappa shape index (κ3) is 6.60. The summed E-state index contributed by atoms with van der Waals surface area (Å²) in [5.74, 6) is -1.31. The maximum absolute atomic E-state index is 11.7. The van der Waals surface area contributed by atoms with Gasteiger partial charge >= 0.3 is 0 Å². The summed E-state index contributed by atoms with van der Waals surface area (Å²) in [4.78, 5) is 34.8. The third-order valence-corrected chi connectivity index (χ3v) is 2.72. The quantitative estimate of drug-likeness (QED) is 0.314. The fourth-order valence-corrected chi connectivity index (χ4v) is 1.50. The number of rotatable bonds is 9. The second-order valence-corrected chi connectivity index (χ2v) is 4.81. The molecule has 0 aliphatic heterocycles. The topological polar surface area (TPSA) is 153 Å². The standard InChI is InChI=1S/C12H25N5O3/c1-7(2)11(19)9(5-14)17-10(18)6-16-12(20)8(15)3-4-13/h7-9H,3-6,13-15H2,1-2H3,(H,16,20)(H,17,18). The Morgan fingerprint density at radius 2 is 1.75 bits per heavy atom. The highest BCUT2D eigenvalue weighted by molar-refractivity contribution is 5.92. The van der Waals surface area contributed by atoms with Crippen LogP contribution in [0.3, 0.4) is 0 Å². The average molecular weight is 287 g/mol. The maximum Gasteiger partial charge on any atom is 0.240 e. The molecular formula is C12H25N5O3. The average Bonchev–Trinajstić information content (AvgIpc) is 2.41. The Morgan fingerprint density at radius 3 is 2.20 bits per heavy atom. The molecule has 20 heavy (non-hydrogen) atoms. The first-order valence-electron chi connectivity index (χ1n) is 6.60. The highest BCUT2D eigenvalue weighted by Gasteiger charge is 2.22. The van der Waals surface area contributed by atoms with Crippen molar-refractivity contribution in [1.82, 2.24) is 10.6 Å². The summed E-state index contributed by atoms with van der Waals surface area (Å²) >= 11 is 0. The van der Waals surface area contributed by atoms with Gasteiger partial charge in [0.05, 0.1) is 18.6 Å². The minimum atomic E-state index is -0.740. The molecule has 8 nitrogen and oxygen atoms in total. The molecule has 0 aromatic carbocycles. The Hall–Kier alpha value is -1.51. The van der Waals surface area contributed by atoms with Crippen LogP contribution >= 0.6 is 0 Å². The number of nitrogens with one attached hydrogen (secondary N) is 2. The molecule has 0 aliphatic carbocycles. The Balaban J connectivity index is 4.22. The molecular weight excluding hydrogens is 262 g/mol. The molecule has 8 heteroatoms. The smallest absolute Gasteiger partial charge is 0.240 e. The molecule has 0 radical (unpaired) electrons. The molecule has 8 N–H and O–H groups in total. The van der Waals surface area contributed by atoms with Crippen LogP contribution in [0.2, 0.25) is 0 Å². The molecule has 0 bridgehead atoms. The first kappa shape index (κ1) is 18.5. The van der Waals surface area contributed by atoms with Crippen LogP contribution < -0.4 is 27.8 Å². The third-order valence-electron chi connectivity index (χ3n) is 2.72. The molecule has 0 heterocycles. The van der Waals surface area contributed by atoms with E-state index in [4.69, 9.17) is 17.2 Å². The SMILES string of the molecule is CC(C)C(=O)C(CN)NC(=O)CNC(=O)C(N)CCN. The van der Waals surface area contributed by atoms with E-state index in [1.54, 1.807) is 13.8 Å².